The first kappa shape index (κ1) is 19.5. The fourth-order valence-corrected chi connectivity index (χ4v) is 4.08. The molecule has 0 aromatic heterocycles. The third-order valence-electron chi connectivity index (χ3n) is 5.66. The molecule has 0 radical (unpaired) electrons. The van der Waals surface area contributed by atoms with Gasteiger partial charge in [-0.3, -0.25) is 9.69 Å². The molecule has 0 atom stereocenters. The normalized spacial score (nSPS) is 16.6. The Hall–Kier alpha value is -3.44. The maximum atomic E-state index is 13.6. The van der Waals surface area contributed by atoms with Crippen molar-refractivity contribution in [3.63, 3.8) is 0 Å². The van der Waals surface area contributed by atoms with Crippen molar-refractivity contribution >= 4 is 11.9 Å². The first-order valence-electron chi connectivity index (χ1n) is 10.2. The number of hydrogen-bond acceptors (Lipinski definition) is 4. The summed E-state index contributed by atoms with van der Waals surface area (Å²) < 4.78 is 25.6. The molecule has 2 heterocycles. The van der Waals surface area contributed by atoms with E-state index in [-0.39, 0.29) is 17.4 Å². The molecule has 3 aromatic rings. The number of fused-ring (bicyclic) bond motifs is 3. The van der Waals surface area contributed by atoms with Crippen LogP contribution >= 0.6 is 0 Å². The molecule has 0 saturated heterocycles. The van der Waals surface area contributed by atoms with Crippen molar-refractivity contribution in [3.8, 4) is 11.5 Å². The van der Waals surface area contributed by atoms with E-state index in [4.69, 9.17) is 9.47 Å². The van der Waals surface area contributed by atoms with Gasteiger partial charge in [0.1, 0.15) is 24.0 Å². The molecule has 31 heavy (non-hydrogen) atoms. The molecule has 0 unspecified atom stereocenters. The quantitative estimate of drug-likeness (QED) is 0.536. The highest BCUT2D eigenvalue weighted by molar-refractivity contribution is 6.15. The van der Waals surface area contributed by atoms with E-state index in [2.05, 4.69) is 36.1 Å². The highest BCUT2D eigenvalue weighted by atomic mass is 19.1. The average Bonchev–Trinajstić information content (AvgIpc) is 3.07. The molecular formula is C26H22FNO3. The first-order chi connectivity index (χ1) is 15.0. The van der Waals surface area contributed by atoms with Crippen LogP contribution < -0.4 is 9.47 Å². The number of allylic oxidation sites excluding steroid dienone is 1. The summed E-state index contributed by atoms with van der Waals surface area (Å²) in [6, 6.07) is 16.4. The summed E-state index contributed by atoms with van der Waals surface area (Å²) in [4.78, 5) is 15.2. The van der Waals surface area contributed by atoms with E-state index in [9.17, 15) is 9.18 Å². The van der Waals surface area contributed by atoms with Gasteiger partial charge in [0.15, 0.2) is 5.76 Å². The van der Waals surface area contributed by atoms with Gasteiger partial charge < -0.3 is 9.47 Å². The second kappa shape index (κ2) is 7.67. The van der Waals surface area contributed by atoms with Crippen LogP contribution in [0.3, 0.4) is 0 Å². The van der Waals surface area contributed by atoms with Gasteiger partial charge in [0, 0.05) is 13.1 Å². The molecule has 5 rings (SSSR count). The SMILES string of the molecule is Cc1ccc(CN2COc3cc(C)c4c(c3C2)O/C(=C\c2cccc(F)c2)C4=O)cc1. The van der Waals surface area contributed by atoms with Gasteiger partial charge in [-0.2, -0.15) is 0 Å². The molecule has 0 amide bonds. The van der Waals surface area contributed by atoms with Gasteiger partial charge in [0.25, 0.3) is 0 Å². The number of Topliss-reactive ketones (excluding diaryl/α,β-unsaturated/α-hetero) is 1. The first-order valence-corrected chi connectivity index (χ1v) is 10.2. The lowest BCUT2D eigenvalue weighted by Gasteiger charge is -2.30. The Bertz CT molecular complexity index is 1210. The van der Waals surface area contributed by atoms with Crippen LogP contribution in [0.2, 0.25) is 0 Å². The summed E-state index contributed by atoms with van der Waals surface area (Å²) in [5.41, 5.74) is 5.25. The summed E-state index contributed by atoms with van der Waals surface area (Å²) in [6.07, 6.45) is 1.59. The zero-order chi connectivity index (χ0) is 21.5. The minimum Gasteiger partial charge on any atom is -0.478 e. The number of aryl methyl sites for hydroxylation is 2. The van der Waals surface area contributed by atoms with Gasteiger partial charge in [-0.05, 0) is 54.8 Å². The lowest BCUT2D eigenvalue weighted by molar-refractivity contribution is 0.0872. The van der Waals surface area contributed by atoms with Crippen LogP contribution in [0.15, 0.2) is 60.4 Å². The van der Waals surface area contributed by atoms with Crippen LogP contribution in [-0.4, -0.2) is 17.4 Å². The zero-order valence-corrected chi connectivity index (χ0v) is 17.4. The molecule has 4 nitrogen and oxygen atoms in total. The van der Waals surface area contributed by atoms with Crippen molar-refractivity contribution in [2.24, 2.45) is 0 Å². The fourth-order valence-electron chi connectivity index (χ4n) is 4.08. The molecule has 0 spiro atoms. The van der Waals surface area contributed by atoms with Crippen LogP contribution in [-0.2, 0) is 13.1 Å². The standard InChI is InChI=1S/C26H22FNO3/c1-16-6-8-18(9-7-16)13-28-14-21-22(30-15-28)10-17(2)24-25(29)23(31-26(21)24)12-19-4-3-5-20(27)11-19/h3-12H,13-15H2,1-2H3/b23-12-. The number of halogens is 1. The molecule has 0 aliphatic carbocycles. The van der Waals surface area contributed by atoms with Crippen LogP contribution in [0, 0.1) is 19.7 Å². The average molecular weight is 415 g/mol. The number of ketones is 1. The Labute approximate surface area is 180 Å². The monoisotopic (exact) mass is 415 g/mol. The Morgan fingerprint density at radius 1 is 1.10 bits per heavy atom. The molecule has 0 N–H and O–H groups in total. The summed E-state index contributed by atoms with van der Waals surface area (Å²) >= 11 is 0. The maximum Gasteiger partial charge on any atom is 0.232 e. The molecule has 0 fully saturated rings. The Balaban J connectivity index is 1.46. The molecule has 2 aliphatic heterocycles. The van der Waals surface area contributed by atoms with Crippen molar-refractivity contribution in [3.05, 3.63) is 99.6 Å². The van der Waals surface area contributed by atoms with E-state index in [1.807, 2.05) is 13.0 Å². The number of hydrogen-bond donors (Lipinski definition) is 0. The smallest absolute Gasteiger partial charge is 0.232 e. The summed E-state index contributed by atoms with van der Waals surface area (Å²) in [6.45, 7) is 5.78. The van der Waals surface area contributed by atoms with E-state index in [0.717, 1.165) is 23.4 Å². The molecule has 3 aromatic carbocycles. The number of carbonyl (C=O) groups excluding carboxylic acids is 1. The summed E-state index contributed by atoms with van der Waals surface area (Å²) in [7, 11) is 0. The topological polar surface area (TPSA) is 38.8 Å². The number of benzene rings is 3. The van der Waals surface area contributed by atoms with Gasteiger partial charge in [-0.1, -0.05) is 42.0 Å². The highest BCUT2D eigenvalue weighted by Gasteiger charge is 2.35. The molecule has 2 aliphatic rings. The van der Waals surface area contributed by atoms with Gasteiger partial charge in [0.2, 0.25) is 5.78 Å². The van der Waals surface area contributed by atoms with Gasteiger partial charge >= 0.3 is 0 Å². The number of ether oxygens (including phenoxy) is 2. The maximum absolute atomic E-state index is 13.6. The third kappa shape index (κ3) is 3.73. The largest absolute Gasteiger partial charge is 0.478 e. The van der Waals surface area contributed by atoms with E-state index in [1.54, 1.807) is 18.2 Å². The van der Waals surface area contributed by atoms with E-state index in [1.165, 1.54) is 23.3 Å². The lowest BCUT2D eigenvalue weighted by atomic mass is 9.98. The number of rotatable bonds is 3. The lowest BCUT2D eigenvalue weighted by Crippen LogP contribution is -2.31. The summed E-state index contributed by atoms with van der Waals surface area (Å²) in [5, 5.41) is 0. The van der Waals surface area contributed by atoms with Crippen LogP contribution in [0.4, 0.5) is 4.39 Å². The number of carbonyl (C=O) groups is 1. The zero-order valence-electron chi connectivity index (χ0n) is 17.4. The molecule has 0 bridgehead atoms. The minimum atomic E-state index is -0.356. The van der Waals surface area contributed by atoms with Crippen molar-refractivity contribution < 1.29 is 18.7 Å². The Morgan fingerprint density at radius 3 is 2.68 bits per heavy atom. The van der Waals surface area contributed by atoms with Crippen molar-refractivity contribution in [1.29, 1.82) is 0 Å². The van der Waals surface area contributed by atoms with E-state index >= 15 is 0 Å². The fraction of sp³-hybridized carbons (Fsp3) is 0.192. The van der Waals surface area contributed by atoms with Crippen LogP contribution in [0.1, 0.15) is 38.2 Å². The van der Waals surface area contributed by atoms with Crippen molar-refractivity contribution in [2.75, 3.05) is 6.73 Å². The van der Waals surface area contributed by atoms with Gasteiger partial charge in [0.05, 0.1) is 11.1 Å². The van der Waals surface area contributed by atoms with Crippen molar-refractivity contribution in [2.45, 2.75) is 26.9 Å². The Morgan fingerprint density at radius 2 is 1.90 bits per heavy atom. The minimum absolute atomic E-state index is 0.185. The molecular weight excluding hydrogens is 393 g/mol. The van der Waals surface area contributed by atoms with E-state index in [0.29, 0.717) is 30.2 Å². The second-order valence-corrected chi connectivity index (χ2v) is 8.12. The van der Waals surface area contributed by atoms with E-state index < -0.39 is 0 Å². The second-order valence-electron chi connectivity index (χ2n) is 8.12. The Kier molecular flexibility index (Phi) is 4.83. The van der Waals surface area contributed by atoms with Crippen molar-refractivity contribution in [1.82, 2.24) is 4.90 Å². The van der Waals surface area contributed by atoms with Crippen LogP contribution in [0.5, 0.6) is 11.5 Å². The number of nitrogens with zero attached hydrogens (tertiary/aromatic N) is 1. The summed E-state index contributed by atoms with van der Waals surface area (Å²) in [5.74, 6) is 0.960. The molecule has 0 saturated carbocycles. The molecule has 156 valence electrons. The van der Waals surface area contributed by atoms with Gasteiger partial charge in [-0.15, -0.1) is 0 Å². The molecule has 5 heteroatoms. The van der Waals surface area contributed by atoms with Gasteiger partial charge in [-0.25, -0.2) is 4.39 Å². The third-order valence-corrected chi connectivity index (χ3v) is 5.66. The predicted octanol–water partition coefficient (Wildman–Crippen LogP) is 5.41. The predicted molar refractivity (Wildman–Crippen MR) is 116 cm³/mol. The van der Waals surface area contributed by atoms with Crippen LogP contribution in [0.25, 0.3) is 6.08 Å². The highest BCUT2D eigenvalue weighted by Crippen LogP contribution is 2.44.